The van der Waals surface area contributed by atoms with Gasteiger partial charge in [-0.15, -0.1) is 0 Å². The molecule has 1 aliphatic rings. The average molecular weight is 367 g/mol. The number of nitrogens with zero attached hydrogens (tertiary/aromatic N) is 1. The molecule has 0 N–H and O–H groups in total. The average Bonchev–Trinajstić information content (AvgIpc) is 3.09. The van der Waals surface area contributed by atoms with Crippen molar-refractivity contribution in [2.45, 2.75) is 31.8 Å². The van der Waals surface area contributed by atoms with Crippen LogP contribution in [0.15, 0.2) is 54.6 Å². The van der Waals surface area contributed by atoms with Gasteiger partial charge in [0.15, 0.2) is 0 Å². The number of amides is 1. The maximum Gasteiger partial charge on any atom is 0.343 e. The Morgan fingerprint density at radius 1 is 1.07 bits per heavy atom. The molecular weight excluding hydrogens is 346 g/mol. The lowest BCUT2D eigenvalue weighted by molar-refractivity contribution is -0.150. The zero-order valence-corrected chi connectivity index (χ0v) is 15.3. The van der Waals surface area contributed by atoms with Crippen LogP contribution in [-0.4, -0.2) is 35.9 Å². The van der Waals surface area contributed by atoms with E-state index in [0.29, 0.717) is 23.3 Å². The topological polar surface area (TPSA) is 72.9 Å². The molecule has 2 unspecified atom stereocenters. The molecule has 0 spiro atoms. The van der Waals surface area contributed by atoms with E-state index in [9.17, 15) is 14.4 Å². The van der Waals surface area contributed by atoms with E-state index in [-0.39, 0.29) is 12.3 Å². The van der Waals surface area contributed by atoms with Gasteiger partial charge in [0, 0.05) is 12.0 Å². The molecule has 2 aromatic carbocycles. The zero-order valence-electron chi connectivity index (χ0n) is 15.3. The van der Waals surface area contributed by atoms with Gasteiger partial charge in [-0.2, -0.15) is 0 Å². The number of ether oxygens (including phenoxy) is 2. The summed E-state index contributed by atoms with van der Waals surface area (Å²) in [5.74, 6) is -0.678. The minimum Gasteiger partial charge on any atom is -0.467 e. The molecule has 0 radical (unpaired) electrons. The number of rotatable bonds is 5. The number of carbonyl (C=O) groups is 3. The van der Waals surface area contributed by atoms with Crippen molar-refractivity contribution < 1.29 is 23.9 Å². The third kappa shape index (κ3) is 3.84. The second-order valence-corrected chi connectivity index (χ2v) is 6.35. The highest BCUT2D eigenvalue weighted by Crippen LogP contribution is 2.35. The predicted molar refractivity (Wildman–Crippen MR) is 98.1 cm³/mol. The van der Waals surface area contributed by atoms with Crippen LogP contribution in [0.3, 0.4) is 0 Å². The molecule has 1 saturated heterocycles. The van der Waals surface area contributed by atoms with Gasteiger partial charge in [-0.3, -0.25) is 4.79 Å². The Kier molecular flexibility index (Phi) is 5.54. The van der Waals surface area contributed by atoms with Gasteiger partial charge in [-0.25, -0.2) is 9.59 Å². The van der Waals surface area contributed by atoms with Crippen LogP contribution >= 0.6 is 0 Å². The standard InChI is InChI=1S/C21H21NO5/c1-14(22-17(21(25)26-2)12-13-19(22)23)16-10-6-7-11-18(16)27-20(24)15-8-4-3-5-9-15/h3-11,14,17H,12-13H2,1-2H3. The van der Waals surface area contributed by atoms with Crippen LogP contribution in [0.4, 0.5) is 0 Å². The molecule has 6 heteroatoms. The fourth-order valence-corrected chi connectivity index (χ4v) is 3.36. The Hall–Kier alpha value is -3.15. The molecular formula is C21H21NO5. The van der Waals surface area contributed by atoms with E-state index in [1.54, 1.807) is 48.5 Å². The Labute approximate surface area is 157 Å². The molecule has 1 fully saturated rings. The number of carbonyl (C=O) groups excluding carboxylic acids is 3. The van der Waals surface area contributed by atoms with Crippen molar-refractivity contribution in [2.24, 2.45) is 0 Å². The quantitative estimate of drug-likeness (QED) is 0.600. The number of benzene rings is 2. The van der Waals surface area contributed by atoms with E-state index in [4.69, 9.17) is 9.47 Å². The smallest absolute Gasteiger partial charge is 0.343 e. The van der Waals surface area contributed by atoms with E-state index >= 15 is 0 Å². The van der Waals surface area contributed by atoms with Gasteiger partial charge in [0.2, 0.25) is 5.91 Å². The fraction of sp³-hybridized carbons (Fsp3) is 0.286. The molecule has 2 aromatic rings. The minimum absolute atomic E-state index is 0.123. The molecule has 0 aromatic heterocycles. The van der Waals surface area contributed by atoms with Gasteiger partial charge in [-0.05, 0) is 31.5 Å². The predicted octanol–water partition coefficient (Wildman–Crippen LogP) is 3.13. The second-order valence-electron chi connectivity index (χ2n) is 6.35. The lowest BCUT2D eigenvalue weighted by atomic mass is 10.0. The van der Waals surface area contributed by atoms with Gasteiger partial charge in [-0.1, -0.05) is 36.4 Å². The summed E-state index contributed by atoms with van der Waals surface area (Å²) in [6, 6.07) is 14.6. The molecule has 0 bridgehead atoms. The summed E-state index contributed by atoms with van der Waals surface area (Å²) < 4.78 is 10.4. The maximum absolute atomic E-state index is 12.4. The first-order valence-corrected chi connectivity index (χ1v) is 8.78. The largest absolute Gasteiger partial charge is 0.467 e. The van der Waals surface area contributed by atoms with Gasteiger partial charge in [0.1, 0.15) is 11.8 Å². The summed E-state index contributed by atoms with van der Waals surface area (Å²) in [6.45, 7) is 1.81. The molecule has 27 heavy (non-hydrogen) atoms. The van der Waals surface area contributed by atoms with Crippen molar-refractivity contribution in [2.75, 3.05) is 7.11 Å². The summed E-state index contributed by atoms with van der Waals surface area (Å²) in [5, 5.41) is 0. The minimum atomic E-state index is -0.629. The van der Waals surface area contributed by atoms with Gasteiger partial charge >= 0.3 is 11.9 Å². The molecule has 1 heterocycles. The van der Waals surface area contributed by atoms with Crippen molar-refractivity contribution in [1.29, 1.82) is 0 Å². The monoisotopic (exact) mass is 367 g/mol. The number of hydrogen-bond donors (Lipinski definition) is 0. The molecule has 140 valence electrons. The van der Waals surface area contributed by atoms with Crippen LogP contribution in [0, 0.1) is 0 Å². The summed E-state index contributed by atoms with van der Waals surface area (Å²) in [4.78, 5) is 38.4. The van der Waals surface area contributed by atoms with Crippen LogP contribution in [-0.2, 0) is 14.3 Å². The SMILES string of the molecule is COC(=O)C1CCC(=O)N1C(C)c1ccccc1OC(=O)c1ccccc1. The van der Waals surface area contributed by atoms with Crippen molar-refractivity contribution in [3.8, 4) is 5.75 Å². The molecule has 0 saturated carbocycles. The van der Waals surface area contributed by atoms with E-state index in [0.717, 1.165) is 0 Å². The molecule has 2 atom stereocenters. The number of para-hydroxylation sites is 1. The Balaban J connectivity index is 1.87. The van der Waals surface area contributed by atoms with Gasteiger partial charge in [0.25, 0.3) is 0 Å². The third-order valence-corrected chi connectivity index (χ3v) is 4.73. The lowest BCUT2D eigenvalue weighted by Gasteiger charge is -2.30. The fourth-order valence-electron chi connectivity index (χ4n) is 3.36. The van der Waals surface area contributed by atoms with Crippen molar-refractivity contribution in [3.05, 3.63) is 65.7 Å². The van der Waals surface area contributed by atoms with E-state index in [1.165, 1.54) is 12.0 Å². The van der Waals surface area contributed by atoms with Crippen LogP contribution < -0.4 is 4.74 Å². The second kappa shape index (κ2) is 8.03. The van der Waals surface area contributed by atoms with E-state index in [1.807, 2.05) is 13.0 Å². The highest BCUT2D eigenvalue weighted by Gasteiger charge is 2.40. The first kappa shape index (κ1) is 18.6. The summed E-state index contributed by atoms with van der Waals surface area (Å²) in [5.41, 5.74) is 1.09. The number of esters is 2. The first-order chi connectivity index (χ1) is 13.0. The Bertz CT molecular complexity index is 849. The Morgan fingerprint density at radius 3 is 2.44 bits per heavy atom. The van der Waals surface area contributed by atoms with Crippen LogP contribution in [0.5, 0.6) is 5.75 Å². The molecule has 1 aliphatic heterocycles. The third-order valence-electron chi connectivity index (χ3n) is 4.73. The normalized spacial score (nSPS) is 17.5. The molecule has 3 rings (SSSR count). The van der Waals surface area contributed by atoms with Crippen LogP contribution in [0.1, 0.15) is 41.7 Å². The van der Waals surface area contributed by atoms with Crippen molar-refractivity contribution in [3.63, 3.8) is 0 Å². The number of methoxy groups -OCH3 is 1. The summed E-state index contributed by atoms with van der Waals surface area (Å²) in [7, 11) is 1.31. The highest BCUT2D eigenvalue weighted by molar-refractivity contribution is 5.91. The number of likely N-dealkylation sites (tertiary alicyclic amines) is 1. The summed E-state index contributed by atoms with van der Waals surface area (Å²) >= 11 is 0. The molecule has 0 aliphatic carbocycles. The van der Waals surface area contributed by atoms with Crippen molar-refractivity contribution in [1.82, 2.24) is 4.90 Å². The molecule has 1 amide bonds. The zero-order chi connectivity index (χ0) is 19.4. The van der Waals surface area contributed by atoms with Gasteiger partial charge in [0.05, 0.1) is 18.7 Å². The van der Waals surface area contributed by atoms with Crippen LogP contribution in [0.2, 0.25) is 0 Å². The van der Waals surface area contributed by atoms with Crippen molar-refractivity contribution >= 4 is 17.8 Å². The Morgan fingerprint density at radius 2 is 1.74 bits per heavy atom. The highest BCUT2D eigenvalue weighted by atomic mass is 16.5. The van der Waals surface area contributed by atoms with E-state index < -0.39 is 24.0 Å². The van der Waals surface area contributed by atoms with Gasteiger partial charge < -0.3 is 14.4 Å². The molecule has 6 nitrogen and oxygen atoms in total. The number of hydrogen-bond acceptors (Lipinski definition) is 5. The lowest BCUT2D eigenvalue weighted by Crippen LogP contribution is -2.41. The summed E-state index contributed by atoms with van der Waals surface area (Å²) in [6.07, 6.45) is 0.706. The van der Waals surface area contributed by atoms with Crippen LogP contribution in [0.25, 0.3) is 0 Å². The first-order valence-electron chi connectivity index (χ1n) is 8.78. The maximum atomic E-state index is 12.4. The van der Waals surface area contributed by atoms with E-state index in [2.05, 4.69) is 0 Å².